The Morgan fingerprint density at radius 3 is 2.14 bits per heavy atom. The molecule has 0 bridgehead atoms. The Hall–Kier alpha value is -3.15. The molecule has 2 aromatic rings. The predicted molar refractivity (Wildman–Crippen MR) is 118 cm³/mol. The number of anilines is 2. The van der Waals surface area contributed by atoms with E-state index in [2.05, 4.69) is 0 Å². The predicted octanol–water partition coefficient (Wildman–Crippen LogP) is 4.43. The zero-order valence-corrected chi connectivity index (χ0v) is 18.0. The van der Waals surface area contributed by atoms with E-state index in [0.717, 1.165) is 17.7 Å². The van der Waals surface area contributed by atoms with Crippen molar-refractivity contribution in [2.45, 2.75) is 19.8 Å². The number of methoxy groups -OCH3 is 3. The number of carbonyl (C=O) groups excluding carboxylic acids is 1. The average Bonchev–Trinajstić information content (AvgIpc) is 2.72. The van der Waals surface area contributed by atoms with Crippen molar-refractivity contribution in [1.82, 2.24) is 0 Å². The number of nitrogens with two attached hydrogens (primary N) is 1. The van der Waals surface area contributed by atoms with Crippen LogP contribution in [0.3, 0.4) is 0 Å². The highest BCUT2D eigenvalue weighted by Crippen LogP contribution is 2.39. The molecule has 2 rings (SSSR count). The summed E-state index contributed by atoms with van der Waals surface area (Å²) >= 11 is 0. The van der Waals surface area contributed by atoms with Crippen molar-refractivity contribution >= 4 is 23.2 Å². The third-order valence-electron chi connectivity index (χ3n) is 4.61. The molecular formula is C23H30N2O4. The van der Waals surface area contributed by atoms with Gasteiger partial charge in [0.05, 0.1) is 32.7 Å². The number of Topliss-reactive ketones (excluding diaryl/α,β-unsaturated/α-hetero) is 1. The Morgan fingerprint density at radius 1 is 1.03 bits per heavy atom. The molecule has 0 fully saturated rings. The fraction of sp³-hybridized carbons (Fsp3) is 0.348. The molecule has 29 heavy (non-hydrogen) atoms. The SMILES string of the molecule is CCC/C(=C\c1cc(OC)c(OC)c(OC)c1)C(=O)c1ccc(N)c(N(C)C)c1. The first kappa shape index (κ1) is 22.1. The number of ether oxygens (including phenoxy) is 3. The first-order valence-corrected chi connectivity index (χ1v) is 9.48. The zero-order valence-electron chi connectivity index (χ0n) is 18.0. The molecule has 0 aliphatic rings. The van der Waals surface area contributed by atoms with E-state index in [1.165, 1.54) is 0 Å². The van der Waals surface area contributed by atoms with Crippen LogP contribution < -0.4 is 24.8 Å². The van der Waals surface area contributed by atoms with Crippen LogP contribution in [0.4, 0.5) is 11.4 Å². The van der Waals surface area contributed by atoms with Gasteiger partial charge in [-0.25, -0.2) is 0 Å². The lowest BCUT2D eigenvalue weighted by Gasteiger charge is -2.17. The number of ketones is 1. The molecule has 0 spiro atoms. The standard InChI is InChI=1S/C23H30N2O4/c1-7-8-16(22(26)17-9-10-18(24)19(14-17)25(2)3)11-15-12-20(27-4)23(29-6)21(13-15)28-5/h9-14H,7-8,24H2,1-6H3/b16-11+. The summed E-state index contributed by atoms with van der Waals surface area (Å²) in [6.07, 6.45) is 3.37. The van der Waals surface area contributed by atoms with E-state index >= 15 is 0 Å². The summed E-state index contributed by atoms with van der Waals surface area (Å²) in [5, 5.41) is 0. The molecule has 0 saturated heterocycles. The van der Waals surface area contributed by atoms with E-state index in [9.17, 15) is 4.79 Å². The summed E-state index contributed by atoms with van der Waals surface area (Å²) < 4.78 is 16.2. The second kappa shape index (κ2) is 9.87. The molecule has 0 saturated carbocycles. The third-order valence-corrected chi connectivity index (χ3v) is 4.61. The molecule has 0 aliphatic carbocycles. The van der Waals surface area contributed by atoms with Crippen LogP contribution >= 0.6 is 0 Å². The fourth-order valence-electron chi connectivity index (χ4n) is 3.16. The molecule has 0 aliphatic heterocycles. The van der Waals surface area contributed by atoms with Gasteiger partial charge in [-0.15, -0.1) is 0 Å². The van der Waals surface area contributed by atoms with E-state index in [0.29, 0.717) is 40.5 Å². The molecule has 0 amide bonds. The summed E-state index contributed by atoms with van der Waals surface area (Å²) in [6.45, 7) is 2.05. The summed E-state index contributed by atoms with van der Waals surface area (Å²) in [6, 6.07) is 9.03. The average molecular weight is 399 g/mol. The normalized spacial score (nSPS) is 11.2. The molecule has 0 unspecified atom stereocenters. The van der Waals surface area contributed by atoms with Crippen LogP contribution in [-0.2, 0) is 0 Å². The highest BCUT2D eigenvalue weighted by atomic mass is 16.5. The van der Waals surface area contributed by atoms with Gasteiger partial charge >= 0.3 is 0 Å². The van der Waals surface area contributed by atoms with E-state index in [1.807, 2.05) is 50.2 Å². The van der Waals surface area contributed by atoms with Crippen molar-refractivity contribution in [3.8, 4) is 17.2 Å². The van der Waals surface area contributed by atoms with Crippen molar-refractivity contribution in [3.63, 3.8) is 0 Å². The van der Waals surface area contributed by atoms with Crippen LogP contribution in [0.25, 0.3) is 6.08 Å². The van der Waals surface area contributed by atoms with E-state index in [-0.39, 0.29) is 5.78 Å². The maximum Gasteiger partial charge on any atom is 0.203 e. The van der Waals surface area contributed by atoms with Gasteiger partial charge in [-0.05, 0) is 48.4 Å². The van der Waals surface area contributed by atoms with E-state index < -0.39 is 0 Å². The van der Waals surface area contributed by atoms with Gasteiger partial charge in [0, 0.05) is 25.2 Å². The minimum absolute atomic E-state index is 0.0244. The number of rotatable bonds is 9. The number of nitrogens with zero attached hydrogens (tertiary/aromatic N) is 1. The number of allylic oxidation sites excluding steroid dienone is 1. The molecule has 6 heteroatoms. The van der Waals surface area contributed by atoms with Gasteiger partial charge in [0.25, 0.3) is 0 Å². The van der Waals surface area contributed by atoms with Gasteiger partial charge in [0.15, 0.2) is 17.3 Å². The quantitative estimate of drug-likeness (QED) is 0.383. The number of benzene rings is 2. The summed E-state index contributed by atoms with van der Waals surface area (Å²) in [5.41, 5.74) is 9.60. The van der Waals surface area contributed by atoms with Gasteiger partial charge in [-0.3, -0.25) is 4.79 Å². The minimum Gasteiger partial charge on any atom is -0.493 e. The molecule has 0 heterocycles. The van der Waals surface area contributed by atoms with Crippen LogP contribution in [0.15, 0.2) is 35.9 Å². The van der Waals surface area contributed by atoms with Gasteiger partial charge in [-0.2, -0.15) is 0 Å². The lowest BCUT2D eigenvalue weighted by molar-refractivity contribution is 0.103. The van der Waals surface area contributed by atoms with Crippen LogP contribution in [0.2, 0.25) is 0 Å². The third kappa shape index (κ3) is 5.02. The van der Waals surface area contributed by atoms with E-state index in [4.69, 9.17) is 19.9 Å². The molecule has 0 aromatic heterocycles. The highest BCUT2D eigenvalue weighted by molar-refractivity contribution is 6.12. The smallest absolute Gasteiger partial charge is 0.203 e. The second-order valence-electron chi connectivity index (χ2n) is 6.88. The Bertz CT molecular complexity index is 879. The van der Waals surface area contributed by atoms with Crippen LogP contribution in [-0.4, -0.2) is 41.2 Å². The molecule has 0 atom stereocenters. The molecule has 0 radical (unpaired) electrons. The van der Waals surface area contributed by atoms with E-state index in [1.54, 1.807) is 33.5 Å². The molecule has 6 nitrogen and oxygen atoms in total. The highest BCUT2D eigenvalue weighted by Gasteiger charge is 2.17. The van der Waals surface area contributed by atoms with Crippen molar-refractivity contribution in [3.05, 3.63) is 47.0 Å². The Labute approximate surface area is 172 Å². The fourth-order valence-corrected chi connectivity index (χ4v) is 3.16. The van der Waals surface area contributed by atoms with Crippen LogP contribution in [0, 0.1) is 0 Å². The largest absolute Gasteiger partial charge is 0.493 e. The van der Waals surface area contributed by atoms with Crippen molar-refractivity contribution in [1.29, 1.82) is 0 Å². The number of hydrogen-bond donors (Lipinski definition) is 1. The lowest BCUT2D eigenvalue weighted by atomic mass is 9.96. The zero-order chi connectivity index (χ0) is 21.6. The maximum absolute atomic E-state index is 13.2. The topological polar surface area (TPSA) is 74.0 Å². The maximum atomic E-state index is 13.2. The Morgan fingerprint density at radius 2 is 1.66 bits per heavy atom. The second-order valence-corrected chi connectivity index (χ2v) is 6.88. The van der Waals surface area contributed by atoms with Crippen LogP contribution in [0.5, 0.6) is 17.2 Å². The molecule has 156 valence electrons. The Balaban J connectivity index is 2.52. The summed E-state index contributed by atoms with van der Waals surface area (Å²) in [5.74, 6) is 1.58. The van der Waals surface area contributed by atoms with Gasteiger partial charge < -0.3 is 24.8 Å². The number of carbonyl (C=O) groups is 1. The summed E-state index contributed by atoms with van der Waals surface area (Å²) in [7, 11) is 8.50. The van der Waals surface area contributed by atoms with Gasteiger partial charge in [0.2, 0.25) is 5.75 Å². The van der Waals surface area contributed by atoms with Crippen LogP contribution in [0.1, 0.15) is 35.7 Å². The van der Waals surface area contributed by atoms with Crippen molar-refractivity contribution < 1.29 is 19.0 Å². The molecule has 2 aromatic carbocycles. The molecular weight excluding hydrogens is 368 g/mol. The summed E-state index contributed by atoms with van der Waals surface area (Å²) in [4.78, 5) is 15.1. The first-order chi connectivity index (χ1) is 13.9. The van der Waals surface area contributed by atoms with Crippen molar-refractivity contribution in [2.24, 2.45) is 0 Å². The Kier molecular flexibility index (Phi) is 7.53. The lowest BCUT2D eigenvalue weighted by Crippen LogP contribution is -2.13. The first-order valence-electron chi connectivity index (χ1n) is 9.48. The van der Waals surface area contributed by atoms with Gasteiger partial charge in [0.1, 0.15) is 0 Å². The minimum atomic E-state index is -0.0244. The van der Waals surface area contributed by atoms with Crippen molar-refractivity contribution in [2.75, 3.05) is 46.1 Å². The molecule has 2 N–H and O–H groups in total. The van der Waals surface area contributed by atoms with Gasteiger partial charge in [-0.1, -0.05) is 13.3 Å². The monoisotopic (exact) mass is 398 g/mol. The number of hydrogen-bond acceptors (Lipinski definition) is 6. The number of nitrogen functional groups attached to an aromatic ring is 1.